The van der Waals surface area contributed by atoms with Crippen LogP contribution in [0.15, 0.2) is 59.9 Å². The van der Waals surface area contributed by atoms with Crippen molar-refractivity contribution in [1.82, 2.24) is 25.1 Å². The largest absolute Gasteiger partial charge is 0.368 e. The van der Waals surface area contributed by atoms with E-state index in [4.69, 9.17) is 12.2 Å². The minimum atomic E-state index is -0.692. The number of carbonyl (C=O) groups is 4. The normalized spacial score (nSPS) is 20.1. The molecule has 0 bridgehead atoms. The van der Waals surface area contributed by atoms with Crippen LogP contribution in [0.25, 0.3) is 6.08 Å². The molecule has 2 aliphatic heterocycles. The van der Waals surface area contributed by atoms with Crippen molar-refractivity contribution in [1.29, 1.82) is 0 Å². The molecule has 12 nitrogen and oxygen atoms in total. The van der Waals surface area contributed by atoms with E-state index < -0.39 is 30.1 Å². The molecular weight excluding hydrogens is 639 g/mol. The number of allylic oxidation sites excluding steroid dienone is 2. The Kier molecular flexibility index (Phi) is 8.11. The van der Waals surface area contributed by atoms with Gasteiger partial charge in [-0.1, -0.05) is 24.1 Å². The highest BCUT2D eigenvalue weighted by Crippen LogP contribution is 2.33. The molecule has 5 rings (SSSR count). The number of amidine groups is 1. The van der Waals surface area contributed by atoms with Crippen molar-refractivity contribution >= 4 is 64.1 Å². The highest BCUT2D eigenvalue weighted by Gasteiger charge is 2.52. The third kappa shape index (κ3) is 6.12. The number of rotatable bonds is 9. The SMILES string of the molecule is C#CCN1C(=O)N(C2CC2)C(=O)C2NC(/C=C/C=C/c3ccc(N(CC(N)=O)C(=O)c4ccc(I)nc4)nc3)=NC21. The second-order valence-corrected chi connectivity index (χ2v) is 10.6. The lowest BCUT2D eigenvalue weighted by Crippen LogP contribution is -2.65. The number of aliphatic imine (C=N–C) groups is 1. The molecule has 0 radical (unpaired) electrons. The minimum absolute atomic E-state index is 0.0612. The van der Waals surface area contributed by atoms with Crippen molar-refractivity contribution < 1.29 is 19.2 Å². The number of imide groups is 1. The van der Waals surface area contributed by atoms with Crippen LogP contribution in [0.3, 0.4) is 0 Å². The molecule has 13 heteroatoms. The number of urea groups is 1. The highest BCUT2D eigenvalue weighted by molar-refractivity contribution is 14.1. The van der Waals surface area contributed by atoms with E-state index in [1.807, 2.05) is 22.6 Å². The van der Waals surface area contributed by atoms with Crippen LogP contribution in [0.1, 0.15) is 28.8 Å². The molecule has 2 fully saturated rings. The average molecular weight is 664 g/mol. The van der Waals surface area contributed by atoms with E-state index in [9.17, 15) is 19.2 Å². The summed E-state index contributed by atoms with van der Waals surface area (Å²) in [5, 5.41) is 3.11. The van der Waals surface area contributed by atoms with Crippen LogP contribution in [0.2, 0.25) is 0 Å². The summed E-state index contributed by atoms with van der Waals surface area (Å²) in [6.07, 6.45) is 16.4. The molecule has 1 saturated carbocycles. The first-order valence-electron chi connectivity index (χ1n) is 12.7. The van der Waals surface area contributed by atoms with Crippen molar-refractivity contribution in [2.75, 3.05) is 18.0 Å². The topological polar surface area (TPSA) is 154 Å². The summed E-state index contributed by atoms with van der Waals surface area (Å²) in [7, 11) is 0. The van der Waals surface area contributed by atoms with Gasteiger partial charge in [0.2, 0.25) is 5.91 Å². The maximum Gasteiger partial charge on any atom is 0.329 e. The van der Waals surface area contributed by atoms with E-state index in [1.54, 1.807) is 54.8 Å². The minimum Gasteiger partial charge on any atom is -0.368 e. The number of aromatic nitrogens is 2. The maximum absolute atomic E-state index is 13.0. The van der Waals surface area contributed by atoms with Gasteiger partial charge in [0.15, 0.2) is 6.17 Å². The fourth-order valence-electron chi connectivity index (χ4n) is 4.48. The molecule has 0 aromatic carbocycles. The number of nitrogens with two attached hydrogens (primary N) is 1. The Morgan fingerprint density at radius 1 is 1.15 bits per heavy atom. The first kappa shape index (κ1) is 28.0. The number of primary amides is 1. The molecule has 1 aliphatic carbocycles. The van der Waals surface area contributed by atoms with E-state index in [-0.39, 0.29) is 30.9 Å². The predicted octanol–water partition coefficient (Wildman–Crippen LogP) is 1.54. The maximum atomic E-state index is 13.0. The predicted molar refractivity (Wildman–Crippen MR) is 159 cm³/mol. The van der Waals surface area contributed by atoms with Crippen LogP contribution in [0.5, 0.6) is 0 Å². The van der Waals surface area contributed by atoms with E-state index in [2.05, 4.69) is 26.2 Å². The van der Waals surface area contributed by atoms with Crippen LogP contribution in [0, 0.1) is 16.0 Å². The molecule has 1 saturated heterocycles. The summed E-state index contributed by atoms with van der Waals surface area (Å²) in [6, 6.07) is 5.54. The lowest BCUT2D eigenvalue weighted by Gasteiger charge is -2.39. The van der Waals surface area contributed by atoms with Crippen LogP contribution in [-0.2, 0) is 9.59 Å². The number of pyridine rings is 2. The summed E-state index contributed by atoms with van der Waals surface area (Å²) in [4.78, 5) is 67.4. The Morgan fingerprint density at radius 3 is 2.56 bits per heavy atom. The summed E-state index contributed by atoms with van der Waals surface area (Å²) >= 11 is 2.03. The third-order valence-electron chi connectivity index (χ3n) is 6.56. The third-order valence-corrected chi connectivity index (χ3v) is 7.19. The Hall–Kier alpha value is -4.58. The molecule has 41 heavy (non-hydrogen) atoms. The van der Waals surface area contributed by atoms with Gasteiger partial charge in [-0.15, -0.1) is 6.42 Å². The monoisotopic (exact) mass is 664 g/mol. The molecule has 0 spiro atoms. The lowest BCUT2D eigenvalue weighted by molar-refractivity contribution is -0.135. The molecular formula is C28H25IN8O4. The van der Waals surface area contributed by atoms with Gasteiger partial charge in [-0.2, -0.15) is 0 Å². The second kappa shape index (κ2) is 11.9. The van der Waals surface area contributed by atoms with Crippen molar-refractivity contribution in [3.8, 4) is 12.3 Å². The number of carbonyl (C=O) groups excluding carboxylic acids is 4. The Bertz CT molecular complexity index is 1510. The van der Waals surface area contributed by atoms with E-state index in [0.717, 1.165) is 22.1 Å². The van der Waals surface area contributed by atoms with Crippen molar-refractivity contribution in [3.63, 3.8) is 0 Å². The number of halogens is 1. The van der Waals surface area contributed by atoms with E-state index in [0.29, 0.717) is 11.4 Å². The molecule has 4 heterocycles. The second-order valence-electron chi connectivity index (χ2n) is 9.50. The number of fused-ring (bicyclic) bond motifs is 1. The highest BCUT2D eigenvalue weighted by atomic mass is 127. The molecule has 208 valence electrons. The number of hydrogen-bond acceptors (Lipinski definition) is 8. The number of terminal acetylenes is 1. The first-order valence-corrected chi connectivity index (χ1v) is 13.8. The van der Waals surface area contributed by atoms with Crippen LogP contribution in [0.4, 0.5) is 10.6 Å². The number of nitrogens with one attached hydrogen (secondary N) is 1. The molecule has 2 aromatic rings. The van der Waals surface area contributed by atoms with Crippen LogP contribution in [-0.4, -0.2) is 80.7 Å². The van der Waals surface area contributed by atoms with Gasteiger partial charge in [0.25, 0.3) is 11.8 Å². The number of amides is 5. The van der Waals surface area contributed by atoms with Gasteiger partial charge >= 0.3 is 6.03 Å². The van der Waals surface area contributed by atoms with Crippen molar-refractivity contribution in [3.05, 3.63) is 69.7 Å². The van der Waals surface area contributed by atoms with Gasteiger partial charge < -0.3 is 11.1 Å². The molecule has 2 unspecified atom stereocenters. The van der Waals surface area contributed by atoms with Crippen molar-refractivity contribution in [2.45, 2.75) is 31.1 Å². The molecule has 2 atom stereocenters. The quantitative estimate of drug-likeness (QED) is 0.179. The molecule has 3 aliphatic rings. The summed E-state index contributed by atoms with van der Waals surface area (Å²) in [5.74, 6) is 1.81. The van der Waals surface area contributed by atoms with Gasteiger partial charge in [-0.25, -0.2) is 19.8 Å². The fraction of sp³-hybridized carbons (Fsp3) is 0.250. The van der Waals surface area contributed by atoms with Crippen LogP contribution >= 0.6 is 22.6 Å². The zero-order valence-electron chi connectivity index (χ0n) is 21.7. The lowest BCUT2D eigenvalue weighted by atomic mass is 10.1. The van der Waals surface area contributed by atoms with E-state index in [1.165, 1.54) is 20.9 Å². The standard InChI is InChI=1S/C28H25IN8O4/c1-2-13-35-25-24(27(40)37(28(35)41)19-9-10-19)33-22(34-25)6-4-3-5-17-7-12-23(32-14-17)36(16-21(30)38)26(39)18-8-11-20(29)31-15-18/h1,3-8,11-12,14-15,19,24-25H,9-10,13,16H2,(H2,30,38)(H,33,34)/b5-3+,6-4+. The Balaban J connectivity index is 1.25. The summed E-state index contributed by atoms with van der Waals surface area (Å²) < 4.78 is 0.729. The first-order chi connectivity index (χ1) is 19.8. The van der Waals surface area contributed by atoms with Gasteiger partial charge in [-0.3, -0.25) is 29.1 Å². The number of hydrogen-bond donors (Lipinski definition) is 2. The number of nitrogens with zero attached hydrogens (tertiary/aromatic N) is 6. The van der Waals surface area contributed by atoms with Gasteiger partial charge in [-0.05, 0) is 71.3 Å². The van der Waals surface area contributed by atoms with E-state index >= 15 is 0 Å². The summed E-state index contributed by atoms with van der Waals surface area (Å²) in [5.41, 5.74) is 6.41. The average Bonchev–Trinajstić information content (AvgIpc) is 3.70. The Labute approximate surface area is 249 Å². The van der Waals surface area contributed by atoms with Gasteiger partial charge in [0.05, 0.1) is 12.1 Å². The smallest absolute Gasteiger partial charge is 0.329 e. The molecule has 3 N–H and O–H groups in total. The molecule has 2 aromatic heterocycles. The summed E-state index contributed by atoms with van der Waals surface area (Å²) in [6.45, 7) is -0.274. The zero-order valence-corrected chi connectivity index (χ0v) is 23.8. The van der Waals surface area contributed by atoms with Gasteiger partial charge in [0, 0.05) is 18.4 Å². The van der Waals surface area contributed by atoms with Gasteiger partial charge in [0.1, 0.15) is 27.9 Å². The zero-order chi connectivity index (χ0) is 29.1. The van der Waals surface area contributed by atoms with Crippen molar-refractivity contribution in [2.24, 2.45) is 10.7 Å². The Morgan fingerprint density at radius 2 is 1.93 bits per heavy atom. The van der Waals surface area contributed by atoms with Crippen LogP contribution < -0.4 is 16.0 Å². The molecule has 5 amide bonds. The fourth-order valence-corrected chi connectivity index (χ4v) is 4.80. The number of anilines is 1.